The first kappa shape index (κ1) is 34.4. The smallest absolute Gasteiger partial charge is 0.509 e. The Balaban J connectivity index is 0.00000417. The fraction of sp³-hybridized carbons (Fsp3) is 0.256. The van der Waals surface area contributed by atoms with Crippen molar-refractivity contribution in [3.63, 3.8) is 0 Å². The summed E-state index contributed by atoms with van der Waals surface area (Å²) in [5.74, 6) is 2.40. The molecule has 1 atom stereocenters. The average molecular weight is 826 g/mol. The predicted octanol–water partition coefficient (Wildman–Crippen LogP) is 11.2. The Kier molecular flexibility index (Phi) is 9.44. The van der Waals surface area contributed by atoms with Crippen LogP contribution in [0.4, 0.5) is 0 Å². The zero-order valence-corrected chi connectivity index (χ0v) is 31.7. The minimum Gasteiger partial charge on any atom is -0.509 e. The van der Waals surface area contributed by atoms with E-state index in [1.165, 1.54) is 33.3 Å². The van der Waals surface area contributed by atoms with Crippen LogP contribution >= 0.6 is 0 Å². The van der Waals surface area contributed by atoms with E-state index >= 15 is 0 Å². The summed E-state index contributed by atoms with van der Waals surface area (Å²) < 4.78 is 10.8. The molecule has 7 aromatic rings. The Labute approximate surface area is 304 Å². The van der Waals surface area contributed by atoms with Crippen LogP contribution in [-0.2, 0) is 26.5 Å². The number of hydrogen-bond donors (Lipinski definition) is 0. The molecule has 0 aliphatic rings. The maximum absolute atomic E-state index is 6.58. The van der Waals surface area contributed by atoms with Crippen molar-refractivity contribution in [3.8, 4) is 34.1 Å². The van der Waals surface area contributed by atoms with Crippen LogP contribution in [-0.4, -0.2) is 19.3 Å². The number of rotatable bonds is 7. The number of pyridine rings is 1. The molecular formula is C43H42N4OPt. The molecule has 7 rings (SSSR count). The molecule has 0 amide bonds. The van der Waals surface area contributed by atoms with Crippen molar-refractivity contribution in [1.29, 1.82) is 0 Å². The van der Waals surface area contributed by atoms with Crippen molar-refractivity contribution >= 4 is 21.8 Å². The van der Waals surface area contributed by atoms with Gasteiger partial charge in [0.2, 0.25) is 0 Å². The van der Waals surface area contributed by atoms with Crippen molar-refractivity contribution in [2.75, 3.05) is 0 Å². The quantitative estimate of drug-likeness (QED) is 0.150. The molecule has 0 saturated heterocycles. The molecule has 5 nitrogen and oxygen atoms in total. The molecule has 0 saturated carbocycles. The van der Waals surface area contributed by atoms with Crippen LogP contribution in [0.1, 0.15) is 75.0 Å². The number of ether oxygens (including phenoxy) is 1. The average Bonchev–Trinajstić information content (AvgIpc) is 3.58. The van der Waals surface area contributed by atoms with Gasteiger partial charge in [0.1, 0.15) is 5.82 Å². The molecule has 0 radical (unpaired) electrons. The normalized spacial score (nSPS) is 12.3. The van der Waals surface area contributed by atoms with Crippen LogP contribution < -0.4 is 4.74 Å². The third-order valence-corrected chi connectivity index (χ3v) is 9.31. The van der Waals surface area contributed by atoms with E-state index < -0.39 is 0 Å². The Morgan fingerprint density at radius 3 is 2.33 bits per heavy atom. The zero-order chi connectivity index (χ0) is 33.7. The van der Waals surface area contributed by atoms with Gasteiger partial charge in [-0.05, 0) is 72.0 Å². The molecule has 6 heteroatoms. The first-order chi connectivity index (χ1) is 23.0. The molecule has 250 valence electrons. The minimum atomic E-state index is -0.00645. The molecule has 4 aromatic carbocycles. The second-order valence-corrected chi connectivity index (χ2v) is 14.0. The minimum absolute atomic E-state index is 0. The van der Waals surface area contributed by atoms with E-state index in [0.717, 1.165) is 45.6 Å². The standard InChI is InChI=1S/C43H42N4O.Pt/c1-9-29(4)42-41(31-13-11-10-12-14-31)30(5)45-47(42)33-21-28(3)22-35(25-33)48-34-16-17-36-37-23-27(2)15-18-38(37)46(39(36)26-34)40-24-32(19-20-44-40)43(6,7)8;/h10-24,29H,9H2,1-8H3;/q-2;+2. The maximum Gasteiger partial charge on any atom is 2.00 e. The maximum atomic E-state index is 6.58. The van der Waals surface area contributed by atoms with Gasteiger partial charge in [0.05, 0.1) is 11.4 Å². The van der Waals surface area contributed by atoms with Crippen molar-refractivity contribution in [2.45, 2.75) is 73.1 Å². The van der Waals surface area contributed by atoms with Gasteiger partial charge in [-0.2, -0.15) is 16.7 Å². The summed E-state index contributed by atoms with van der Waals surface area (Å²) in [4.78, 5) is 4.84. The molecule has 49 heavy (non-hydrogen) atoms. The molecular weight excluding hydrogens is 784 g/mol. The van der Waals surface area contributed by atoms with Crippen LogP contribution in [0.3, 0.4) is 0 Å². The SMILES string of the molecule is CCC(C)c1c(-c2ccccc2)c(C)nn1-c1[c-]c(Oc2[c-]c3c(cc2)c2cc(C)ccc2n3-c2cc(C(C)(C)C)ccn2)cc(C)c1.[Pt+2]. The van der Waals surface area contributed by atoms with Gasteiger partial charge >= 0.3 is 21.1 Å². The van der Waals surface area contributed by atoms with Gasteiger partial charge in [-0.1, -0.05) is 95.1 Å². The fourth-order valence-electron chi connectivity index (χ4n) is 6.63. The van der Waals surface area contributed by atoms with Crippen LogP contribution in [0.25, 0.3) is 44.4 Å². The third-order valence-electron chi connectivity index (χ3n) is 9.31. The first-order valence-electron chi connectivity index (χ1n) is 16.8. The summed E-state index contributed by atoms with van der Waals surface area (Å²) in [7, 11) is 0. The molecule has 0 aliphatic heterocycles. The van der Waals surface area contributed by atoms with Crippen molar-refractivity contribution in [2.24, 2.45) is 0 Å². The van der Waals surface area contributed by atoms with E-state index in [1.807, 2.05) is 18.3 Å². The third kappa shape index (κ3) is 6.49. The van der Waals surface area contributed by atoms with Crippen LogP contribution in [0.2, 0.25) is 0 Å². The number of nitrogens with zero attached hydrogens (tertiary/aromatic N) is 4. The van der Waals surface area contributed by atoms with Gasteiger partial charge < -0.3 is 9.30 Å². The van der Waals surface area contributed by atoms with Gasteiger partial charge in [-0.25, -0.2) is 4.98 Å². The monoisotopic (exact) mass is 825 g/mol. The number of benzene rings is 4. The van der Waals surface area contributed by atoms with E-state index in [2.05, 4.69) is 150 Å². The Morgan fingerprint density at radius 1 is 0.816 bits per heavy atom. The Morgan fingerprint density at radius 2 is 1.59 bits per heavy atom. The van der Waals surface area contributed by atoms with E-state index in [-0.39, 0.29) is 26.5 Å². The molecule has 0 aliphatic carbocycles. The van der Waals surface area contributed by atoms with Crippen LogP contribution in [0, 0.1) is 32.9 Å². The summed E-state index contributed by atoms with van der Waals surface area (Å²) in [6, 6.07) is 36.9. The van der Waals surface area contributed by atoms with Crippen LogP contribution in [0.5, 0.6) is 11.5 Å². The second-order valence-electron chi connectivity index (χ2n) is 14.0. The van der Waals surface area contributed by atoms with Gasteiger partial charge in [0.25, 0.3) is 0 Å². The van der Waals surface area contributed by atoms with Crippen molar-refractivity contribution < 1.29 is 25.8 Å². The summed E-state index contributed by atoms with van der Waals surface area (Å²) in [5, 5.41) is 7.34. The van der Waals surface area contributed by atoms with Crippen LogP contribution in [0.15, 0.2) is 91.1 Å². The first-order valence-corrected chi connectivity index (χ1v) is 16.8. The number of hydrogen-bond acceptors (Lipinski definition) is 3. The van der Waals surface area contributed by atoms with Gasteiger partial charge in [0.15, 0.2) is 0 Å². The molecule has 0 bridgehead atoms. The molecule has 1 unspecified atom stereocenters. The fourth-order valence-corrected chi connectivity index (χ4v) is 6.63. The largest absolute Gasteiger partial charge is 2.00 e. The van der Waals surface area contributed by atoms with E-state index in [9.17, 15) is 0 Å². The zero-order valence-electron chi connectivity index (χ0n) is 29.5. The van der Waals surface area contributed by atoms with E-state index in [4.69, 9.17) is 14.8 Å². The Hall–Kier alpha value is -4.47. The van der Waals surface area contributed by atoms with Crippen molar-refractivity contribution in [1.82, 2.24) is 19.3 Å². The summed E-state index contributed by atoms with van der Waals surface area (Å²) in [6.45, 7) is 17.5. The summed E-state index contributed by atoms with van der Waals surface area (Å²) in [6.07, 6.45) is 2.90. The van der Waals surface area contributed by atoms with E-state index in [0.29, 0.717) is 17.4 Å². The second kappa shape index (κ2) is 13.4. The van der Waals surface area contributed by atoms with E-state index in [1.54, 1.807) is 0 Å². The summed E-state index contributed by atoms with van der Waals surface area (Å²) >= 11 is 0. The number of fused-ring (bicyclic) bond motifs is 3. The predicted molar refractivity (Wildman–Crippen MR) is 197 cm³/mol. The number of aromatic nitrogens is 4. The van der Waals surface area contributed by atoms with Gasteiger partial charge in [-0.15, -0.1) is 35.7 Å². The van der Waals surface area contributed by atoms with Gasteiger partial charge in [0, 0.05) is 28.8 Å². The molecule has 3 heterocycles. The molecule has 3 aromatic heterocycles. The molecule has 0 N–H and O–H groups in total. The molecule has 0 spiro atoms. The van der Waals surface area contributed by atoms with Crippen molar-refractivity contribution in [3.05, 3.63) is 131 Å². The Bertz CT molecular complexity index is 2290. The van der Waals surface area contributed by atoms with Gasteiger partial charge in [-0.3, -0.25) is 4.68 Å². The molecule has 0 fully saturated rings. The topological polar surface area (TPSA) is 44.9 Å². The summed E-state index contributed by atoms with van der Waals surface area (Å²) in [5.41, 5.74) is 10.9. The number of aryl methyl sites for hydroxylation is 3.